The Morgan fingerprint density at radius 1 is 1.25 bits per heavy atom. The third-order valence-electron chi connectivity index (χ3n) is 4.94. The van der Waals surface area contributed by atoms with Crippen LogP contribution in [0.3, 0.4) is 0 Å². The molecule has 1 atom stereocenters. The first kappa shape index (κ1) is 20.1. The number of carbonyl (C=O) groups excluding carboxylic acids is 2. The van der Waals surface area contributed by atoms with Gasteiger partial charge in [-0.25, -0.2) is 9.18 Å². The van der Waals surface area contributed by atoms with E-state index >= 15 is 0 Å². The summed E-state index contributed by atoms with van der Waals surface area (Å²) >= 11 is 5.68. The van der Waals surface area contributed by atoms with Crippen molar-refractivity contribution >= 4 is 23.6 Å². The van der Waals surface area contributed by atoms with Crippen LogP contribution in [0.25, 0.3) is 0 Å². The summed E-state index contributed by atoms with van der Waals surface area (Å²) in [5.41, 5.74) is 1.28. The zero-order chi connectivity index (χ0) is 20.1. The first-order valence-corrected chi connectivity index (χ1v) is 9.56. The lowest BCUT2D eigenvalue weighted by Gasteiger charge is -2.31. The number of benzene rings is 2. The molecule has 0 aliphatic carbocycles. The number of hydrogen-bond acceptors (Lipinski definition) is 3. The van der Waals surface area contributed by atoms with Crippen molar-refractivity contribution in [2.24, 2.45) is 0 Å². The van der Waals surface area contributed by atoms with Gasteiger partial charge in [-0.05, 0) is 36.1 Å². The minimum absolute atomic E-state index is 0.173. The van der Waals surface area contributed by atoms with Crippen molar-refractivity contribution in [2.75, 3.05) is 19.0 Å². The van der Waals surface area contributed by atoms with Crippen LogP contribution in [0, 0.1) is 12.7 Å². The lowest BCUT2D eigenvalue weighted by atomic mass is 9.87. The van der Waals surface area contributed by atoms with E-state index in [1.807, 2.05) is 30.3 Å². The molecule has 1 N–H and O–H groups in total. The van der Waals surface area contributed by atoms with E-state index in [9.17, 15) is 14.0 Å². The van der Waals surface area contributed by atoms with Gasteiger partial charge in [-0.15, -0.1) is 11.6 Å². The highest BCUT2D eigenvalue weighted by Gasteiger charge is 2.43. The molecule has 1 heterocycles. The molecule has 0 radical (unpaired) electrons. The fourth-order valence-corrected chi connectivity index (χ4v) is 3.50. The number of halogens is 2. The molecule has 0 spiro atoms. The predicted molar refractivity (Wildman–Crippen MR) is 104 cm³/mol. The van der Waals surface area contributed by atoms with Crippen molar-refractivity contribution in [3.8, 4) is 0 Å². The molecule has 1 aliphatic rings. The van der Waals surface area contributed by atoms with E-state index in [-0.39, 0.29) is 30.8 Å². The third-order valence-corrected chi connectivity index (χ3v) is 5.19. The Kier molecular flexibility index (Phi) is 6.19. The summed E-state index contributed by atoms with van der Waals surface area (Å²) in [5, 5.41) is 2.92. The molecular weight excluding hydrogens is 383 g/mol. The van der Waals surface area contributed by atoms with Gasteiger partial charge in [-0.2, -0.15) is 0 Å². The minimum Gasteiger partial charge on any atom is -0.445 e. The van der Waals surface area contributed by atoms with E-state index in [0.717, 1.165) is 11.1 Å². The lowest BCUT2D eigenvalue weighted by Crippen LogP contribution is -2.49. The van der Waals surface area contributed by atoms with E-state index in [1.54, 1.807) is 24.0 Å². The maximum Gasteiger partial charge on any atom is 0.410 e. The van der Waals surface area contributed by atoms with Crippen molar-refractivity contribution in [1.82, 2.24) is 10.2 Å². The fourth-order valence-electron chi connectivity index (χ4n) is 3.43. The summed E-state index contributed by atoms with van der Waals surface area (Å²) in [6.07, 6.45) is 0.0332. The number of alkyl halides is 1. The van der Waals surface area contributed by atoms with Gasteiger partial charge in [0.15, 0.2) is 0 Å². The quantitative estimate of drug-likeness (QED) is 0.772. The Morgan fingerprint density at radius 2 is 2.00 bits per heavy atom. The lowest BCUT2D eigenvalue weighted by molar-refractivity contribution is -0.120. The Balaban J connectivity index is 1.76. The average Bonchev–Trinajstić information content (AvgIpc) is 3.14. The highest BCUT2D eigenvalue weighted by atomic mass is 35.5. The van der Waals surface area contributed by atoms with Gasteiger partial charge in [-0.1, -0.05) is 42.5 Å². The highest BCUT2D eigenvalue weighted by Crippen LogP contribution is 2.33. The molecular formula is C21H22ClFN2O3. The van der Waals surface area contributed by atoms with Gasteiger partial charge in [0, 0.05) is 6.54 Å². The summed E-state index contributed by atoms with van der Waals surface area (Å²) in [6, 6.07) is 14.1. The van der Waals surface area contributed by atoms with Crippen LogP contribution in [0.2, 0.25) is 0 Å². The van der Waals surface area contributed by atoms with Crippen LogP contribution in [0.15, 0.2) is 48.5 Å². The molecule has 2 amide bonds. The Bertz CT molecular complexity index is 862. The SMILES string of the molecule is Cc1cc(C2(NC(=O)CCl)CCN(C(=O)OCc3ccccc3)C2)ccc1F. The zero-order valence-corrected chi connectivity index (χ0v) is 16.3. The fraction of sp³-hybridized carbons (Fsp3) is 0.333. The molecule has 0 bridgehead atoms. The second kappa shape index (κ2) is 8.61. The molecule has 1 saturated heterocycles. The zero-order valence-electron chi connectivity index (χ0n) is 15.6. The molecule has 3 rings (SSSR count). The average molecular weight is 405 g/mol. The van der Waals surface area contributed by atoms with Gasteiger partial charge in [0.25, 0.3) is 0 Å². The van der Waals surface area contributed by atoms with Crippen LogP contribution in [-0.4, -0.2) is 35.9 Å². The molecule has 5 nitrogen and oxygen atoms in total. The number of ether oxygens (including phenoxy) is 1. The maximum atomic E-state index is 13.7. The van der Waals surface area contributed by atoms with E-state index in [2.05, 4.69) is 5.32 Å². The van der Waals surface area contributed by atoms with Crippen LogP contribution < -0.4 is 5.32 Å². The van der Waals surface area contributed by atoms with Crippen molar-refractivity contribution < 1.29 is 18.7 Å². The number of nitrogens with zero attached hydrogens (tertiary/aromatic N) is 1. The predicted octanol–water partition coefficient (Wildman–Crippen LogP) is 3.73. The number of hydrogen-bond donors (Lipinski definition) is 1. The molecule has 2 aromatic rings. The molecule has 2 aromatic carbocycles. The van der Waals surface area contributed by atoms with E-state index < -0.39 is 11.6 Å². The Hall–Kier alpha value is -2.60. The van der Waals surface area contributed by atoms with E-state index in [4.69, 9.17) is 16.3 Å². The van der Waals surface area contributed by atoms with E-state index in [1.165, 1.54) is 6.07 Å². The maximum absolute atomic E-state index is 13.7. The van der Waals surface area contributed by atoms with Crippen molar-refractivity contribution in [3.05, 3.63) is 71.0 Å². The number of likely N-dealkylation sites (tertiary alicyclic amines) is 1. The van der Waals surface area contributed by atoms with Crippen molar-refractivity contribution in [1.29, 1.82) is 0 Å². The van der Waals surface area contributed by atoms with Gasteiger partial charge in [0.1, 0.15) is 18.3 Å². The van der Waals surface area contributed by atoms with Gasteiger partial charge in [0.2, 0.25) is 5.91 Å². The van der Waals surface area contributed by atoms with Crippen LogP contribution in [-0.2, 0) is 21.7 Å². The molecule has 0 saturated carbocycles. The molecule has 1 fully saturated rings. The number of aryl methyl sites for hydroxylation is 1. The van der Waals surface area contributed by atoms with Crippen molar-refractivity contribution in [3.63, 3.8) is 0 Å². The Morgan fingerprint density at radius 3 is 2.68 bits per heavy atom. The van der Waals surface area contributed by atoms with Crippen LogP contribution in [0.1, 0.15) is 23.1 Å². The largest absolute Gasteiger partial charge is 0.445 e. The van der Waals surface area contributed by atoms with Crippen LogP contribution in [0.4, 0.5) is 9.18 Å². The summed E-state index contributed by atoms with van der Waals surface area (Å²) in [5.74, 6) is -0.858. The summed E-state index contributed by atoms with van der Waals surface area (Å²) in [7, 11) is 0. The summed E-state index contributed by atoms with van der Waals surface area (Å²) in [4.78, 5) is 26.1. The normalized spacial score (nSPS) is 18.8. The van der Waals surface area contributed by atoms with Crippen molar-refractivity contribution in [2.45, 2.75) is 25.5 Å². The third kappa shape index (κ3) is 4.44. The molecule has 28 heavy (non-hydrogen) atoms. The molecule has 1 aliphatic heterocycles. The second-order valence-corrected chi connectivity index (χ2v) is 7.21. The molecule has 0 aromatic heterocycles. The number of carbonyl (C=O) groups is 2. The highest BCUT2D eigenvalue weighted by molar-refractivity contribution is 6.27. The first-order chi connectivity index (χ1) is 13.4. The molecule has 7 heteroatoms. The first-order valence-electron chi connectivity index (χ1n) is 9.03. The topological polar surface area (TPSA) is 58.6 Å². The van der Waals surface area contributed by atoms with Gasteiger partial charge >= 0.3 is 6.09 Å². The van der Waals surface area contributed by atoms with Gasteiger partial charge in [-0.3, -0.25) is 4.79 Å². The minimum atomic E-state index is -0.823. The van der Waals surface area contributed by atoms with Gasteiger partial charge in [0.05, 0.1) is 12.1 Å². The number of rotatable bonds is 5. The van der Waals surface area contributed by atoms with E-state index in [0.29, 0.717) is 18.5 Å². The second-order valence-electron chi connectivity index (χ2n) is 6.94. The standard InChI is InChI=1S/C21H22ClFN2O3/c1-15-11-17(7-8-18(15)23)21(24-19(26)12-22)9-10-25(14-21)20(27)28-13-16-5-3-2-4-6-16/h2-8,11H,9-10,12-14H2,1H3,(H,24,26). The summed E-state index contributed by atoms with van der Waals surface area (Å²) < 4.78 is 19.1. The van der Waals surface area contributed by atoms with Crippen LogP contribution in [0.5, 0.6) is 0 Å². The monoisotopic (exact) mass is 404 g/mol. The number of amides is 2. The van der Waals surface area contributed by atoms with Gasteiger partial charge < -0.3 is 15.0 Å². The van der Waals surface area contributed by atoms with Crippen LogP contribution >= 0.6 is 11.6 Å². The molecule has 1 unspecified atom stereocenters. The Labute approximate surface area is 168 Å². The summed E-state index contributed by atoms with van der Waals surface area (Å²) in [6.45, 7) is 2.48. The molecule has 148 valence electrons. The number of nitrogens with one attached hydrogen (secondary N) is 1. The smallest absolute Gasteiger partial charge is 0.410 e.